The molecule has 3 heterocycles. The van der Waals surface area contributed by atoms with Gasteiger partial charge in [-0.15, -0.1) is 0 Å². The third-order valence-electron chi connectivity index (χ3n) is 2.97. The molecule has 5 nitrogen and oxygen atoms in total. The van der Waals surface area contributed by atoms with E-state index in [0.717, 1.165) is 18.8 Å². The fraction of sp³-hybridized carbons (Fsp3) is 0.364. The van der Waals surface area contributed by atoms with E-state index in [1.165, 1.54) is 18.4 Å². The molecule has 1 aliphatic rings. The van der Waals surface area contributed by atoms with Crippen LogP contribution in [0.2, 0.25) is 0 Å². The molecule has 1 unspecified atom stereocenters. The van der Waals surface area contributed by atoms with E-state index in [4.69, 9.17) is 0 Å². The van der Waals surface area contributed by atoms with Crippen molar-refractivity contribution >= 4 is 0 Å². The van der Waals surface area contributed by atoms with Crippen molar-refractivity contribution in [2.24, 2.45) is 0 Å². The van der Waals surface area contributed by atoms with Gasteiger partial charge in [-0.3, -0.25) is 4.57 Å². The van der Waals surface area contributed by atoms with Gasteiger partial charge >= 0.3 is 0 Å². The lowest BCUT2D eigenvalue weighted by atomic mass is 10.1. The van der Waals surface area contributed by atoms with Gasteiger partial charge in [-0.1, -0.05) is 0 Å². The maximum atomic E-state index is 4.22. The molecule has 3 rings (SSSR count). The molecule has 16 heavy (non-hydrogen) atoms. The summed E-state index contributed by atoms with van der Waals surface area (Å²) in [4.78, 5) is 12.3. The number of nitrogens with zero attached hydrogens (tertiary/aromatic N) is 4. The van der Waals surface area contributed by atoms with Gasteiger partial charge in [0.05, 0.1) is 24.4 Å². The van der Waals surface area contributed by atoms with Gasteiger partial charge in [-0.25, -0.2) is 15.0 Å². The fourth-order valence-electron chi connectivity index (χ4n) is 2.15. The van der Waals surface area contributed by atoms with Crippen LogP contribution in [0.5, 0.6) is 0 Å². The van der Waals surface area contributed by atoms with Crippen LogP contribution in [0.25, 0.3) is 5.69 Å². The van der Waals surface area contributed by atoms with Crippen LogP contribution in [0.15, 0.2) is 31.2 Å². The standard InChI is InChI=1S/C11H13N5/c1-2-12-3-9(1)11-6-15-8-16(11)10-4-13-7-14-5-10/h4-9,12H,1-3H2. The molecule has 2 aromatic rings. The molecular formula is C11H13N5. The molecule has 0 radical (unpaired) electrons. The van der Waals surface area contributed by atoms with Gasteiger partial charge in [-0.05, 0) is 13.0 Å². The van der Waals surface area contributed by atoms with Crippen molar-refractivity contribution in [2.75, 3.05) is 13.1 Å². The molecule has 5 heteroatoms. The average Bonchev–Trinajstić information content (AvgIpc) is 3.01. The first-order valence-corrected chi connectivity index (χ1v) is 5.43. The fourth-order valence-corrected chi connectivity index (χ4v) is 2.15. The van der Waals surface area contributed by atoms with Crippen LogP contribution in [0, 0.1) is 0 Å². The molecule has 0 spiro atoms. The molecule has 1 fully saturated rings. The summed E-state index contributed by atoms with van der Waals surface area (Å²) in [6.45, 7) is 2.11. The van der Waals surface area contributed by atoms with Gasteiger partial charge < -0.3 is 5.32 Å². The number of hydrogen-bond donors (Lipinski definition) is 1. The van der Waals surface area contributed by atoms with E-state index in [1.807, 2.05) is 12.5 Å². The number of imidazole rings is 1. The van der Waals surface area contributed by atoms with Crippen molar-refractivity contribution < 1.29 is 0 Å². The lowest BCUT2D eigenvalue weighted by Crippen LogP contribution is -2.10. The minimum Gasteiger partial charge on any atom is -0.316 e. The van der Waals surface area contributed by atoms with Crippen LogP contribution in [0.3, 0.4) is 0 Å². The van der Waals surface area contributed by atoms with E-state index in [9.17, 15) is 0 Å². The first-order valence-electron chi connectivity index (χ1n) is 5.43. The maximum absolute atomic E-state index is 4.22. The van der Waals surface area contributed by atoms with Crippen LogP contribution >= 0.6 is 0 Å². The smallest absolute Gasteiger partial charge is 0.115 e. The van der Waals surface area contributed by atoms with Gasteiger partial charge in [-0.2, -0.15) is 0 Å². The summed E-state index contributed by atoms with van der Waals surface area (Å²) in [6, 6.07) is 0. The maximum Gasteiger partial charge on any atom is 0.115 e. The number of hydrogen-bond acceptors (Lipinski definition) is 4. The van der Waals surface area contributed by atoms with E-state index < -0.39 is 0 Å². The Morgan fingerprint density at radius 3 is 2.81 bits per heavy atom. The van der Waals surface area contributed by atoms with Gasteiger partial charge in [0, 0.05) is 24.4 Å². The van der Waals surface area contributed by atoms with Crippen molar-refractivity contribution in [3.8, 4) is 5.69 Å². The predicted octanol–water partition coefficient (Wildman–Crippen LogP) is 0.739. The molecule has 0 aliphatic carbocycles. The second kappa shape index (κ2) is 4.02. The van der Waals surface area contributed by atoms with E-state index in [2.05, 4.69) is 24.8 Å². The lowest BCUT2D eigenvalue weighted by molar-refractivity contribution is 0.712. The topological polar surface area (TPSA) is 55.6 Å². The lowest BCUT2D eigenvalue weighted by Gasteiger charge is -2.11. The SMILES string of the molecule is c1ncc(-n2cncc2C2CCNC2)cn1. The summed E-state index contributed by atoms with van der Waals surface area (Å²) < 4.78 is 2.07. The Bertz CT molecular complexity index is 458. The van der Waals surface area contributed by atoms with E-state index >= 15 is 0 Å². The summed E-state index contributed by atoms with van der Waals surface area (Å²) in [7, 11) is 0. The third-order valence-corrected chi connectivity index (χ3v) is 2.97. The van der Waals surface area contributed by atoms with Gasteiger partial charge in [0.1, 0.15) is 6.33 Å². The highest BCUT2D eigenvalue weighted by Crippen LogP contribution is 2.23. The summed E-state index contributed by atoms with van der Waals surface area (Å²) in [6.07, 6.45) is 10.1. The van der Waals surface area contributed by atoms with Crippen molar-refractivity contribution in [1.82, 2.24) is 24.8 Å². The number of aromatic nitrogens is 4. The van der Waals surface area contributed by atoms with Crippen LogP contribution < -0.4 is 5.32 Å². The molecule has 1 N–H and O–H groups in total. The Kier molecular flexibility index (Phi) is 2.38. The summed E-state index contributed by atoms with van der Waals surface area (Å²) in [5, 5.41) is 3.37. The molecule has 0 aromatic carbocycles. The van der Waals surface area contributed by atoms with E-state index in [1.54, 1.807) is 12.4 Å². The summed E-state index contributed by atoms with van der Waals surface area (Å²) >= 11 is 0. The second-order valence-electron chi connectivity index (χ2n) is 3.97. The minimum atomic E-state index is 0.544. The zero-order valence-corrected chi connectivity index (χ0v) is 8.87. The molecular weight excluding hydrogens is 202 g/mol. The Labute approximate surface area is 93.6 Å². The zero-order valence-electron chi connectivity index (χ0n) is 8.87. The number of nitrogens with one attached hydrogen (secondary N) is 1. The van der Waals surface area contributed by atoms with Crippen molar-refractivity contribution in [3.05, 3.63) is 36.9 Å². The Hall–Kier alpha value is -1.75. The quantitative estimate of drug-likeness (QED) is 0.802. The van der Waals surface area contributed by atoms with Crippen LogP contribution in [-0.2, 0) is 0 Å². The van der Waals surface area contributed by atoms with E-state index in [0.29, 0.717) is 5.92 Å². The second-order valence-corrected chi connectivity index (χ2v) is 3.97. The normalized spacial score (nSPS) is 20.1. The monoisotopic (exact) mass is 215 g/mol. The highest BCUT2D eigenvalue weighted by molar-refractivity contribution is 5.29. The Morgan fingerprint density at radius 2 is 2.06 bits per heavy atom. The van der Waals surface area contributed by atoms with Crippen molar-refractivity contribution in [3.63, 3.8) is 0 Å². The molecule has 2 aromatic heterocycles. The predicted molar refractivity (Wildman–Crippen MR) is 59.4 cm³/mol. The molecule has 82 valence electrons. The first kappa shape index (κ1) is 9.47. The molecule has 0 bridgehead atoms. The Morgan fingerprint density at radius 1 is 1.19 bits per heavy atom. The van der Waals surface area contributed by atoms with Gasteiger partial charge in [0.25, 0.3) is 0 Å². The molecule has 0 amide bonds. The van der Waals surface area contributed by atoms with Crippen LogP contribution in [0.4, 0.5) is 0 Å². The highest BCUT2D eigenvalue weighted by Gasteiger charge is 2.20. The molecule has 0 saturated carbocycles. The molecule has 1 aliphatic heterocycles. The molecule has 1 atom stereocenters. The number of rotatable bonds is 2. The zero-order chi connectivity index (χ0) is 10.8. The first-order chi connectivity index (χ1) is 7.95. The minimum absolute atomic E-state index is 0.544. The summed E-state index contributed by atoms with van der Waals surface area (Å²) in [5.74, 6) is 0.544. The van der Waals surface area contributed by atoms with Crippen molar-refractivity contribution in [1.29, 1.82) is 0 Å². The highest BCUT2D eigenvalue weighted by atomic mass is 15.1. The average molecular weight is 215 g/mol. The third kappa shape index (κ3) is 1.59. The largest absolute Gasteiger partial charge is 0.316 e. The summed E-state index contributed by atoms with van der Waals surface area (Å²) in [5.41, 5.74) is 2.21. The van der Waals surface area contributed by atoms with Gasteiger partial charge in [0.2, 0.25) is 0 Å². The Balaban J connectivity index is 1.99. The van der Waals surface area contributed by atoms with Crippen LogP contribution in [0.1, 0.15) is 18.0 Å². The van der Waals surface area contributed by atoms with Gasteiger partial charge in [0.15, 0.2) is 0 Å². The van der Waals surface area contributed by atoms with Crippen molar-refractivity contribution in [2.45, 2.75) is 12.3 Å². The molecule has 1 saturated heterocycles. The van der Waals surface area contributed by atoms with E-state index in [-0.39, 0.29) is 0 Å². The van der Waals surface area contributed by atoms with Crippen LogP contribution in [-0.4, -0.2) is 32.6 Å².